The molecule has 1 amide bonds. The average molecular weight is 349 g/mol. The van der Waals surface area contributed by atoms with Crippen molar-refractivity contribution in [2.75, 3.05) is 26.1 Å². The van der Waals surface area contributed by atoms with Crippen LogP contribution in [0.25, 0.3) is 0 Å². The van der Waals surface area contributed by atoms with Crippen LogP contribution in [0.1, 0.15) is 49.9 Å². The van der Waals surface area contributed by atoms with E-state index in [1.165, 1.54) is 7.11 Å². The van der Waals surface area contributed by atoms with E-state index in [2.05, 4.69) is 12.2 Å². The molecule has 138 valence electrons. The average Bonchev–Trinajstić information content (AvgIpc) is 2.61. The topological polar surface area (TPSA) is 73.9 Å². The zero-order chi connectivity index (χ0) is 18.4. The van der Waals surface area contributed by atoms with Crippen molar-refractivity contribution >= 4 is 17.6 Å². The Morgan fingerprint density at radius 1 is 1.32 bits per heavy atom. The fourth-order valence-corrected chi connectivity index (χ4v) is 3.39. The number of esters is 1. The normalized spacial score (nSPS) is 23.0. The monoisotopic (exact) mass is 349 g/mol. The van der Waals surface area contributed by atoms with Gasteiger partial charge < -0.3 is 19.5 Å². The summed E-state index contributed by atoms with van der Waals surface area (Å²) in [6, 6.07) is 4.92. The quantitative estimate of drug-likeness (QED) is 0.797. The molecule has 6 heteroatoms. The summed E-state index contributed by atoms with van der Waals surface area (Å²) in [7, 11) is 3.06. The number of anilines is 1. The van der Waals surface area contributed by atoms with Crippen molar-refractivity contribution in [2.24, 2.45) is 5.92 Å². The Bertz CT molecular complexity index is 630. The Balaban J connectivity index is 2.22. The summed E-state index contributed by atoms with van der Waals surface area (Å²) in [5.74, 6) is 0.180. The maximum absolute atomic E-state index is 12.8. The SMILES string of the molecule is CCOC(=O)c1cc(NC(=O)C2(OC)CCCC(C)C2)ccc1OC. The van der Waals surface area contributed by atoms with Gasteiger partial charge in [-0.25, -0.2) is 4.79 Å². The van der Waals surface area contributed by atoms with Crippen LogP contribution < -0.4 is 10.1 Å². The molecule has 0 saturated heterocycles. The molecular formula is C19H27NO5. The van der Waals surface area contributed by atoms with Crippen molar-refractivity contribution < 1.29 is 23.8 Å². The molecule has 1 aliphatic rings. The van der Waals surface area contributed by atoms with Gasteiger partial charge in [0.15, 0.2) is 0 Å². The number of nitrogens with one attached hydrogen (secondary N) is 1. The molecule has 0 radical (unpaired) electrons. The number of methoxy groups -OCH3 is 2. The van der Waals surface area contributed by atoms with Crippen molar-refractivity contribution in [1.82, 2.24) is 0 Å². The Hall–Kier alpha value is -2.08. The van der Waals surface area contributed by atoms with Gasteiger partial charge in [0, 0.05) is 12.8 Å². The largest absolute Gasteiger partial charge is 0.496 e. The molecule has 1 fully saturated rings. The highest BCUT2D eigenvalue weighted by Gasteiger charge is 2.42. The van der Waals surface area contributed by atoms with E-state index in [1.807, 2.05) is 0 Å². The van der Waals surface area contributed by atoms with E-state index in [-0.39, 0.29) is 18.1 Å². The second-order valence-corrected chi connectivity index (χ2v) is 6.49. The van der Waals surface area contributed by atoms with E-state index in [4.69, 9.17) is 14.2 Å². The third-order valence-corrected chi connectivity index (χ3v) is 4.71. The third-order valence-electron chi connectivity index (χ3n) is 4.71. The van der Waals surface area contributed by atoms with Crippen molar-refractivity contribution in [3.8, 4) is 5.75 Å². The van der Waals surface area contributed by atoms with Crippen LogP contribution in [0, 0.1) is 5.92 Å². The van der Waals surface area contributed by atoms with Gasteiger partial charge in [-0.2, -0.15) is 0 Å². The number of rotatable bonds is 6. The highest BCUT2D eigenvalue weighted by Crippen LogP contribution is 2.36. The van der Waals surface area contributed by atoms with Crippen molar-refractivity contribution in [1.29, 1.82) is 0 Å². The molecule has 2 unspecified atom stereocenters. The molecule has 2 atom stereocenters. The number of amides is 1. The second kappa shape index (κ2) is 8.34. The Kier molecular flexibility index (Phi) is 6.42. The van der Waals surface area contributed by atoms with Crippen molar-refractivity contribution in [3.05, 3.63) is 23.8 Å². The summed E-state index contributed by atoms with van der Waals surface area (Å²) in [4.78, 5) is 24.9. The third kappa shape index (κ3) is 4.31. The summed E-state index contributed by atoms with van der Waals surface area (Å²) < 4.78 is 15.9. The Morgan fingerprint density at radius 3 is 2.68 bits per heavy atom. The summed E-state index contributed by atoms with van der Waals surface area (Å²) in [6.45, 7) is 4.14. The molecule has 0 spiro atoms. The minimum Gasteiger partial charge on any atom is -0.496 e. The smallest absolute Gasteiger partial charge is 0.341 e. The van der Waals surface area contributed by atoms with Gasteiger partial charge in [0.25, 0.3) is 5.91 Å². The van der Waals surface area contributed by atoms with Crippen LogP contribution in [0.2, 0.25) is 0 Å². The lowest BCUT2D eigenvalue weighted by Gasteiger charge is -2.37. The van der Waals surface area contributed by atoms with Gasteiger partial charge in [-0.05, 0) is 50.3 Å². The van der Waals surface area contributed by atoms with Gasteiger partial charge in [-0.15, -0.1) is 0 Å². The molecule has 0 bridgehead atoms. The van der Waals surface area contributed by atoms with Gasteiger partial charge in [0.1, 0.15) is 16.9 Å². The second-order valence-electron chi connectivity index (χ2n) is 6.49. The van der Waals surface area contributed by atoms with Crippen LogP contribution >= 0.6 is 0 Å². The van der Waals surface area contributed by atoms with Gasteiger partial charge >= 0.3 is 5.97 Å². The van der Waals surface area contributed by atoms with Crippen LogP contribution in [-0.2, 0) is 14.3 Å². The highest BCUT2D eigenvalue weighted by atomic mass is 16.5. The molecule has 1 aromatic rings. The van der Waals surface area contributed by atoms with Gasteiger partial charge in [0.05, 0.1) is 13.7 Å². The molecule has 1 N–H and O–H groups in total. The van der Waals surface area contributed by atoms with Gasteiger partial charge in [-0.1, -0.05) is 13.3 Å². The maximum atomic E-state index is 12.8. The zero-order valence-corrected chi connectivity index (χ0v) is 15.4. The molecule has 25 heavy (non-hydrogen) atoms. The number of benzene rings is 1. The number of carbonyl (C=O) groups excluding carboxylic acids is 2. The predicted octanol–water partition coefficient (Wildman–Crippen LogP) is 3.41. The van der Waals surface area contributed by atoms with Gasteiger partial charge in [-0.3, -0.25) is 4.79 Å². The summed E-state index contributed by atoms with van der Waals surface area (Å²) >= 11 is 0. The lowest BCUT2D eigenvalue weighted by atomic mass is 9.78. The molecule has 1 aliphatic carbocycles. The van der Waals surface area contributed by atoms with E-state index in [0.717, 1.165) is 12.8 Å². The molecular weight excluding hydrogens is 322 g/mol. The number of hydrogen-bond acceptors (Lipinski definition) is 5. The van der Waals surface area contributed by atoms with Crippen LogP contribution in [0.5, 0.6) is 5.75 Å². The molecule has 0 heterocycles. The molecule has 2 rings (SSSR count). The first-order valence-corrected chi connectivity index (χ1v) is 8.67. The minimum absolute atomic E-state index is 0.179. The van der Waals surface area contributed by atoms with Crippen LogP contribution in [0.4, 0.5) is 5.69 Å². The molecule has 6 nitrogen and oxygen atoms in total. The number of hydrogen-bond donors (Lipinski definition) is 1. The van der Waals surface area contributed by atoms with E-state index < -0.39 is 11.6 Å². The van der Waals surface area contributed by atoms with Crippen molar-refractivity contribution in [3.63, 3.8) is 0 Å². The lowest BCUT2D eigenvalue weighted by molar-refractivity contribution is -0.143. The first-order valence-electron chi connectivity index (χ1n) is 8.67. The molecule has 1 aromatic carbocycles. The molecule has 1 saturated carbocycles. The maximum Gasteiger partial charge on any atom is 0.341 e. The first kappa shape index (κ1) is 19.2. The molecule has 0 aliphatic heterocycles. The van der Waals surface area contributed by atoms with Crippen LogP contribution in [0.15, 0.2) is 18.2 Å². The van der Waals surface area contributed by atoms with E-state index in [1.54, 1.807) is 32.2 Å². The first-order chi connectivity index (χ1) is 12.0. The zero-order valence-electron chi connectivity index (χ0n) is 15.4. The van der Waals surface area contributed by atoms with Gasteiger partial charge in [0.2, 0.25) is 0 Å². The van der Waals surface area contributed by atoms with E-state index >= 15 is 0 Å². The summed E-state index contributed by atoms with van der Waals surface area (Å²) in [5, 5.41) is 2.89. The van der Waals surface area contributed by atoms with Crippen LogP contribution in [-0.4, -0.2) is 38.3 Å². The standard InChI is InChI=1S/C19H27NO5/c1-5-25-17(21)15-11-14(8-9-16(15)23-3)20-18(22)19(24-4)10-6-7-13(2)12-19/h8-9,11,13H,5-7,10,12H2,1-4H3,(H,20,22). The predicted molar refractivity (Wildman–Crippen MR) is 95.0 cm³/mol. The van der Waals surface area contributed by atoms with E-state index in [0.29, 0.717) is 30.2 Å². The Labute approximate surface area is 148 Å². The summed E-state index contributed by atoms with van der Waals surface area (Å²) in [5.41, 5.74) is -0.0176. The lowest BCUT2D eigenvalue weighted by Crippen LogP contribution is -2.47. The number of ether oxygens (including phenoxy) is 3. The number of carbonyl (C=O) groups is 2. The van der Waals surface area contributed by atoms with Crippen molar-refractivity contribution in [2.45, 2.75) is 45.1 Å². The fourth-order valence-electron chi connectivity index (χ4n) is 3.39. The summed E-state index contributed by atoms with van der Waals surface area (Å²) in [6.07, 6.45) is 3.45. The highest BCUT2D eigenvalue weighted by molar-refractivity contribution is 5.99. The molecule has 0 aromatic heterocycles. The van der Waals surface area contributed by atoms with Crippen LogP contribution in [0.3, 0.4) is 0 Å². The minimum atomic E-state index is -0.818. The van der Waals surface area contributed by atoms with E-state index in [9.17, 15) is 9.59 Å². The fraction of sp³-hybridized carbons (Fsp3) is 0.579. The Morgan fingerprint density at radius 2 is 2.08 bits per heavy atom.